The van der Waals surface area contributed by atoms with Crippen molar-refractivity contribution in [3.05, 3.63) is 59.7 Å². The Hall–Kier alpha value is -2.27. The monoisotopic (exact) mass is 327 g/mol. The summed E-state index contributed by atoms with van der Waals surface area (Å²) in [6.07, 6.45) is 0. The molecule has 1 saturated heterocycles. The van der Waals surface area contributed by atoms with Crippen LogP contribution in [0.1, 0.15) is 15.9 Å². The Labute approximate surface area is 139 Å². The molecule has 2 aromatic carbocycles. The van der Waals surface area contributed by atoms with E-state index in [9.17, 15) is 9.59 Å². The number of aryl methyl sites for hydroxylation is 1. The maximum absolute atomic E-state index is 12.6. The predicted molar refractivity (Wildman–Crippen MR) is 88.8 cm³/mol. The van der Waals surface area contributed by atoms with Gasteiger partial charge in [0.05, 0.1) is 11.5 Å². The summed E-state index contributed by atoms with van der Waals surface area (Å²) in [6, 6.07) is 15.6. The molecule has 0 aliphatic carbocycles. The molecule has 0 bridgehead atoms. The van der Waals surface area contributed by atoms with Gasteiger partial charge in [-0.05, 0) is 36.8 Å². The number of aliphatic carboxylic acids is 1. The molecule has 0 spiro atoms. The third kappa shape index (κ3) is 3.40. The van der Waals surface area contributed by atoms with Gasteiger partial charge in [-0.25, -0.2) is 0 Å². The lowest BCUT2D eigenvalue weighted by atomic mass is 9.99. The number of carboxylic acids is 1. The Bertz CT molecular complexity index is 739. The van der Waals surface area contributed by atoms with E-state index in [1.165, 1.54) is 0 Å². The minimum atomic E-state index is -0.836. The van der Waals surface area contributed by atoms with Crippen LogP contribution in [0, 0.1) is 12.8 Å². The Morgan fingerprint density at radius 3 is 2.48 bits per heavy atom. The number of nitrogens with zero attached hydrogens (tertiary/aromatic N) is 1. The first kappa shape index (κ1) is 15.6. The molecule has 5 heteroatoms. The lowest BCUT2D eigenvalue weighted by molar-refractivity contribution is -0.146. The molecular weight excluding hydrogens is 310 g/mol. The maximum atomic E-state index is 12.6. The average molecular weight is 327 g/mol. The summed E-state index contributed by atoms with van der Waals surface area (Å²) in [5.41, 5.74) is 1.72. The molecule has 118 valence electrons. The normalized spacial score (nSPS) is 14.4. The highest BCUT2D eigenvalue weighted by Gasteiger charge is 2.36. The molecule has 1 heterocycles. The summed E-state index contributed by atoms with van der Waals surface area (Å²) in [7, 11) is 0. The van der Waals surface area contributed by atoms with Crippen molar-refractivity contribution < 1.29 is 14.7 Å². The van der Waals surface area contributed by atoms with Crippen molar-refractivity contribution in [2.24, 2.45) is 5.92 Å². The van der Waals surface area contributed by atoms with E-state index in [2.05, 4.69) is 0 Å². The molecule has 4 nitrogen and oxygen atoms in total. The van der Waals surface area contributed by atoms with Crippen LogP contribution >= 0.6 is 11.8 Å². The van der Waals surface area contributed by atoms with Gasteiger partial charge in [-0.1, -0.05) is 36.0 Å². The van der Waals surface area contributed by atoms with Crippen LogP contribution in [-0.2, 0) is 4.79 Å². The molecule has 1 fully saturated rings. The van der Waals surface area contributed by atoms with Gasteiger partial charge in [0.2, 0.25) is 0 Å². The molecule has 0 aromatic heterocycles. The van der Waals surface area contributed by atoms with Gasteiger partial charge in [0, 0.05) is 22.9 Å². The molecule has 0 saturated carbocycles. The van der Waals surface area contributed by atoms with E-state index in [1.54, 1.807) is 16.7 Å². The number of benzene rings is 2. The van der Waals surface area contributed by atoms with E-state index in [0.717, 1.165) is 15.4 Å². The zero-order valence-corrected chi connectivity index (χ0v) is 13.5. The van der Waals surface area contributed by atoms with Gasteiger partial charge < -0.3 is 10.0 Å². The Kier molecular flexibility index (Phi) is 4.39. The Balaban J connectivity index is 1.82. The molecule has 1 aliphatic heterocycles. The number of amides is 1. The van der Waals surface area contributed by atoms with E-state index < -0.39 is 11.9 Å². The van der Waals surface area contributed by atoms with Gasteiger partial charge in [-0.15, -0.1) is 0 Å². The first-order chi connectivity index (χ1) is 11.0. The van der Waals surface area contributed by atoms with Crippen molar-refractivity contribution in [1.29, 1.82) is 0 Å². The summed E-state index contributed by atoms with van der Waals surface area (Å²) in [5.74, 6) is -1.37. The zero-order chi connectivity index (χ0) is 16.4. The molecule has 1 amide bonds. The number of carbonyl (C=O) groups excluding carboxylic acids is 1. The van der Waals surface area contributed by atoms with Crippen molar-refractivity contribution in [2.45, 2.75) is 16.7 Å². The van der Waals surface area contributed by atoms with Crippen molar-refractivity contribution in [2.75, 3.05) is 13.1 Å². The molecule has 0 radical (unpaired) electrons. The van der Waals surface area contributed by atoms with E-state index in [4.69, 9.17) is 5.11 Å². The molecule has 23 heavy (non-hydrogen) atoms. The minimum absolute atomic E-state index is 0.0964. The number of hydrogen-bond donors (Lipinski definition) is 1. The van der Waals surface area contributed by atoms with Crippen LogP contribution in [0.25, 0.3) is 0 Å². The number of rotatable bonds is 4. The first-order valence-electron chi connectivity index (χ1n) is 7.40. The summed E-state index contributed by atoms with van der Waals surface area (Å²) < 4.78 is 0. The second-order valence-electron chi connectivity index (χ2n) is 5.66. The van der Waals surface area contributed by atoms with Crippen LogP contribution in [0.15, 0.2) is 58.3 Å². The summed E-state index contributed by atoms with van der Waals surface area (Å²) in [6.45, 7) is 2.57. The molecule has 1 aliphatic rings. The second-order valence-corrected chi connectivity index (χ2v) is 6.78. The van der Waals surface area contributed by atoms with E-state index in [-0.39, 0.29) is 19.0 Å². The first-order valence-corrected chi connectivity index (χ1v) is 8.22. The second kappa shape index (κ2) is 6.46. The number of carboxylic acid groups (broad SMARTS) is 1. The molecule has 2 aromatic rings. The number of hydrogen-bond acceptors (Lipinski definition) is 3. The van der Waals surface area contributed by atoms with Gasteiger partial charge >= 0.3 is 5.97 Å². The van der Waals surface area contributed by atoms with Gasteiger partial charge in [0.15, 0.2) is 0 Å². The predicted octanol–water partition coefficient (Wildman–Crippen LogP) is 3.30. The number of carbonyl (C=O) groups is 2. The highest BCUT2D eigenvalue weighted by molar-refractivity contribution is 7.99. The lowest BCUT2D eigenvalue weighted by Crippen LogP contribution is -2.53. The summed E-state index contributed by atoms with van der Waals surface area (Å²) in [4.78, 5) is 27.1. The van der Waals surface area contributed by atoms with E-state index in [1.807, 2.05) is 55.5 Å². The molecule has 0 unspecified atom stereocenters. The number of likely N-dealkylation sites (tertiary alicyclic amines) is 1. The van der Waals surface area contributed by atoms with Gasteiger partial charge in [0.25, 0.3) is 5.91 Å². The summed E-state index contributed by atoms with van der Waals surface area (Å²) >= 11 is 1.55. The van der Waals surface area contributed by atoms with E-state index >= 15 is 0 Å². The molecule has 1 N–H and O–H groups in total. The quantitative estimate of drug-likeness (QED) is 0.936. The average Bonchev–Trinajstić information content (AvgIpc) is 2.46. The Morgan fingerprint density at radius 2 is 1.83 bits per heavy atom. The van der Waals surface area contributed by atoms with E-state index in [0.29, 0.717) is 5.56 Å². The van der Waals surface area contributed by atoms with Crippen LogP contribution in [0.3, 0.4) is 0 Å². The van der Waals surface area contributed by atoms with Crippen molar-refractivity contribution in [3.63, 3.8) is 0 Å². The van der Waals surface area contributed by atoms with Crippen LogP contribution in [0.4, 0.5) is 0 Å². The lowest BCUT2D eigenvalue weighted by Gasteiger charge is -2.37. The van der Waals surface area contributed by atoms with Crippen molar-refractivity contribution in [1.82, 2.24) is 4.90 Å². The minimum Gasteiger partial charge on any atom is -0.481 e. The van der Waals surface area contributed by atoms with Crippen LogP contribution in [0.5, 0.6) is 0 Å². The summed E-state index contributed by atoms with van der Waals surface area (Å²) in [5, 5.41) is 8.95. The van der Waals surface area contributed by atoms with Gasteiger partial charge in [-0.2, -0.15) is 0 Å². The molecule has 3 rings (SSSR count). The zero-order valence-electron chi connectivity index (χ0n) is 12.7. The molecular formula is C18H17NO3S. The maximum Gasteiger partial charge on any atom is 0.310 e. The van der Waals surface area contributed by atoms with Crippen molar-refractivity contribution in [3.8, 4) is 0 Å². The fourth-order valence-corrected chi connectivity index (χ4v) is 3.53. The fourth-order valence-electron chi connectivity index (χ4n) is 2.48. The highest BCUT2D eigenvalue weighted by Crippen LogP contribution is 2.32. The van der Waals surface area contributed by atoms with Crippen LogP contribution in [-0.4, -0.2) is 35.0 Å². The van der Waals surface area contributed by atoms with Crippen molar-refractivity contribution >= 4 is 23.6 Å². The largest absolute Gasteiger partial charge is 0.481 e. The van der Waals surface area contributed by atoms with Crippen LogP contribution < -0.4 is 0 Å². The van der Waals surface area contributed by atoms with Gasteiger partial charge in [-0.3, -0.25) is 9.59 Å². The standard InChI is InChI=1S/C18H17NO3S/c1-12-7-8-15(17(20)19-10-13(11-19)18(21)22)16(9-12)23-14-5-3-2-4-6-14/h2-9,13H,10-11H2,1H3,(H,21,22). The SMILES string of the molecule is Cc1ccc(C(=O)N2CC(C(=O)O)C2)c(Sc2ccccc2)c1. The van der Waals surface area contributed by atoms with Gasteiger partial charge in [0.1, 0.15) is 0 Å². The Morgan fingerprint density at radius 1 is 1.13 bits per heavy atom. The fraction of sp³-hybridized carbons (Fsp3) is 0.222. The third-order valence-corrected chi connectivity index (χ3v) is 4.92. The topological polar surface area (TPSA) is 57.6 Å². The molecule has 0 atom stereocenters. The third-order valence-electron chi connectivity index (χ3n) is 3.86. The van der Waals surface area contributed by atoms with Crippen LogP contribution in [0.2, 0.25) is 0 Å². The smallest absolute Gasteiger partial charge is 0.310 e. The highest BCUT2D eigenvalue weighted by atomic mass is 32.2.